The van der Waals surface area contributed by atoms with Gasteiger partial charge in [0.25, 0.3) is 0 Å². The van der Waals surface area contributed by atoms with E-state index in [-0.39, 0.29) is 24.4 Å². The molecule has 1 aromatic heterocycles. The molecule has 1 aliphatic heterocycles. The quantitative estimate of drug-likeness (QED) is 0.872. The molecule has 0 bridgehead atoms. The highest BCUT2D eigenvalue weighted by Gasteiger charge is 2.36. The lowest BCUT2D eigenvalue weighted by atomic mass is 10.2. The van der Waals surface area contributed by atoms with E-state index >= 15 is 0 Å². The summed E-state index contributed by atoms with van der Waals surface area (Å²) < 4.78 is 0. The third kappa shape index (κ3) is 3.63. The van der Waals surface area contributed by atoms with Crippen LogP contribution in [0.15, 0.2) is 41.9 Å². The van der Waals surface area contributed by atoms with Crippen molar-refractivity contribution in [3.63, 3.8) is 0 Å². The van der Waals surface area contributed by atoms with Gasteiger partial charge in [0, 0.05) is 23.8 Å². The Kier molecular flexibility index (Phi) is 5.22. The van der Waals surface area contributed by atoms with Crippen LogP contribution in [0.2, 0.25) is 0 Å². The second kappa shape index (κ2) is 7.55. The monoisotopic (exact) mass is 344 g/mol. The van der Waals surface area contributed by atoms with E-state index in [1.807, 2.05) is 47.5 Å². The van der Waals surface area contributed by atoms with Crippen molar-refractivity contribution in [2.24, 2.45) is 0 Å². The van der Waals surface area contributed by atoms with E-state index in [1.54, 1.807) is 11.1 Å². The smallest absolute Gasteiger partial charge is 0.244 e. The lowest BCUT2D eigenvalue weighted by Crippen LogP contribution is -2.45. The SMILES string of the molecule is CCN(CC(=O)Nc1nccs1)C1CCN(c2ccccc2)C1=O. The zero-order valence-electron chi connectivity index (χ0n) is 13.5. The molecular weight excluding hydrogens is 324 g/mol. The summed E-state index contributed by atoms with van der Waals surface area (Å²) in [5.74, 6) is -0.0807. The summed E-state index contributed by atoms with van der Waals surface area (Å²) in [6.07, 6.45) is 2.38. The second-order valence-electron chi connectivity index (χ2n) is 5.58. The molecule has 3 rings (SSSR count). The fourth-order valence-electron chi connectivity index (χ4n) is 2.94. The number of carbonyl (C=O) groups excluding carboxylic acids is 2. The van der Waals surface area contributed by atoms with Gasteiger partial charge in [0.15, 0.2) is 5.13 Å². The standard InChI is InChI=1S/C17H20N4O2S/c1-2-20(12-15(22)19-17-18-9-11-24-17)14-8-10-21(16(14)23)13-6-4-3-5-7-13/h3-7,9,11,14H,2,8,10,12H2,1H3,(H,18,19,22). The van der Waals surface area contributed by atoms with E-state index in [9.17, 15) is 9.59 Å². The maximum atomic E-state index is 12.7. The Balaban J connectivity index is 1.63. The summed E-state index contributed by atoms with van der Waals surface area (Å²) in [5, 5.41) is 5.16. The van der Waals surface area contributed by atoms with Crippen LogP contribution in [-0.4, -0.2) is 47.4 Å². The van der Waals surface area contributed by atoms with Crippen LogP contribution in [-0.2, 0) is 9.59 Å². The molecule has 6 nitrogen and oxygen atoms in total. The Morgan fingerprint density at radius 3 is 2.88 bits per heavy atom. The molecule has 1 aromatic carbocycles. The van der Waals surface area contributed by atoms with Gasteiger partial charge in [-0.15, -0.1) is 11.3 Å². The topological polar surface area (TPSA) is 65.5 Å². The normalized spacial score (nSPS) is 17.5. The largest absolute Gasteiger partial charge is 0.311 e. The molecule has 0 saturated carbocycles. The Morgan fingerprint density at radius 2 is 2.21 bits per heavy atom. The van der Waals surface area contributed by atoms with Gasteiger partial charge in [-0.2, -0.15) is 0 Å². The molecule has 1 saturated heterocycles. The summed E-state index contributed by atoms with van der Waals surface area (Å²) >= 11 is 1.38. The minimum absolute atomic E-state index is 0.0603. The van der Waals surface area contributed by atoms with Crippen LogP contribution < -0.4 is 10.2 Å². The number of rotatable bonds is 6. The Hall–Kier alpha value is -2.25. The van der Waals surface area contributed by atoms with E-state index in [0.717, 1.165) is 12.1 Å². The summed E-state index contributed by atoms with van der Waals surface area (Å²) in [6.45, 7) is 3.48. The molecular formula is C17H20N4O2S. The number of carbonyl (C=O) groups is 2. The average molecular weight is 344 g/mol. The van der Waals surface area contributed by atoms with Gasteiger partial charge in [0.05, 0.1) is 12.6 Å². The number of benzene rings is 1. The van der Waals surface area contributed by atoms with E-state index in [2.05, 4.69) is 10.3 Å². The Morgan fingerprint density at radius 1 is 1.42 bits per heavy atom. The first-order chi connectivity index (χ1) is 11.7. The average Bonchev–Trinajstić information content (AvgIpc) is 3.23. The summed E-state index contributed by atoms with van der Waals surface area (Å²) in [6, 6.07) is 9.40. The first-order valence-electron chi connectivity index (χ1n) is 7.99. The fourth-order valence-corrected chi connectivity index (χ4v) is 3.48. The fraction of sp³-hybridized carbons (Fsp3) is 0.353. The Bertz CT molecular complexity index is 690. The number of thiazole rings is 1. The van der Waals surface area contributed by atoms with Gasteiger partial charge in [-0.1, -0.05) is 25.1 Å². The maximum absolute atomic E-state index is 12.7. The minimum atomic E-state index is -0.253. The molecule has 1 fully saturated rings. The van der Waals surface area contributed by atoms with Crippen molar-refractivity contribution in [3.05, 3.63) is 41.9 Å². The third-order valence-electron chi connectivity index (χ3n) is 4.12. The maximum Gasteiger partial charge on any atom is 0.244 e. The lowest BCUT2D eigenvalue weighted by Gasteiger charge is -2.25. The third-order valence-corrected chi connectivity index (χ3v) is 4.81. The minimum Gasteiger partial charge on any atom is -0.311 e. The van der Waals surface area contributed by atoms with Crippen LogP contribution in [0.1, 0.15) is 13.3 Å². The molecule has 2 aromatic rings. The molecule has 1 aliphatic rings. The summed E-state index contributed by atoms with van der Waals surface area (Å²) in [4.78, 5) is 32.7. The van der Waals surface area contributed by atoms with Crippen molar-refractivity contribution >= 4 is 34.0 Å². The number of aromatic nitrogens is 1. The van der Waals surface area contributed by atoms with Gasteiger partial charge in [-0.25, -0.2) is 4.98 Å². The molecule has 126 valence electrons. The van der Waals surface area contributed by atoms with Crippen molar-refractivity contribution in [2.45, 2.75) is 19.4 Å². The van der Waals surface area contributed by atoms with Gasteiger partial charge in [-0.3, -0.25) is 14.5 Å². The lowest BCUT2D eigenvalue weighted by molar-refractivity contribution is -0.123. The van der Waals surface area contributed by atoms with Gasteiger partial charge in [0.2, 0.25) is 11.8 Å². The molecule has 1 N–H and O–H groups in total. The molecule has 2 heterocycles. The van der Waals surface area contributed by atoms with Crippen LogP contribution in [0.5, 0.6) is 0 Å². The highest BCUT2D eigenvalue weighted by atomic mass is 32.1. The van der Waals surface area contributed by atoms with Crippen molar-refractivity contribution in [1.82, 2.24) is 9.88 Å². The molecule has 24 heavy (non-hydrogen) atoms. The molecule has 1 atom stereocenters. The zero-order valence-corrected chi connectivity index (χ0v) is 14.3. The highest BCUT2D eigenvalue weighted by molar-refractivity contribution is 7.13. The molecule has 2 amide bonds. The molecule has 0 radical (unpaired) electrons. The first-order valence-corrected chi connectivity index (χ1v) is 8.87. The predicted octanol–water partition coefficient (Wildman–Crippen LogP) is 2.21. The van der Waals surface area contributed by atoms with Crippen molar-refractivity contribution in [3.8, 4) is 0 Å². The summed E-state index contributed by atoms with van der Waals surface area (Å²) in [5.41, 5.74) is 0.910. The van der Waals surface area contributed by atoms with Crippen LogP contribution in [0.3, 0.4) is 0 Å². The van der Waals surface area contributed by atoms with E-state index in [4.69, 9.17) is 0 Å². The van der Waals surface area contributed by atoms with Crippen molar-refractivity contribution in [1.29, 1.82) is 0 Å². The second-order valence-corrected chi connectivity index (χ2v) is 6.47. The number of nitrogens with one attached hydrogen (secondary N) is 1. The Labute approximate surface area is 145 Å². The van der Waals surface area contributed by atoms with Crippen LogP contribution in [0.25, 0.3) is 0 Å². The molecule has 1 unspecified atom stereocenters. The van der Waals surface area contributed by atoms with Gasteiger partial charge >= 0.3 is 0 Å². The number of anilines is 2. The number of para-hydroxylation sites is 1. The number of nitrogens with zero attached hydrogens (tertiary/aromatic N) is 3. The first kappa shape index (κ1) is 16.6. The number of hydrogen-bond donors (Lipinski definition) is 1. The zero-order chi connectivity index (χ0) is 16.9. The van der Waals surface area contributed by atoms with Crippen LogP contribution in [0.4, 0.5) is 10.8 Å². The van der Waals surface area contributed by atoms with Gasteiger partial charge in [-0.05, 0) is 25.1 Å². The number of amides is 2. The van der Waals surface area contributed by atoms with Crippen molar-refractivity contribution in [2.75, 3.05) is 29.9 Å². The van der Waals surface area contributed by atoms with Crippen LogP contribution >= 0.6 is 11.3 Å². The number of likely N-dealkylation sites (N-methyl/N-ethyl adjacent to an activating group) is 1. The molecule has 0 aliphatic carbocycles. The van der Waals surface area contributed by atoms with Crippen LogP contribution in [0, 0.1) is 0 Å². The van der Waals surface area contributed by atoms with E-state index in [1.165, 1.54) is 11.3 Å². The highest BCUT2D eigenvalue weighted by Crippen LogP contribution is 2.24. The predicted molar refractivity (Wildman–Crippen MR) is 95.2 cm³/mol. The molecule has 0 spiro atoms. The van der Waals surface area contributed by atoms with Gasteiger partial charge < -0.3 is 10.2 Å². The van der Waals surface area contributed by atoms with Gasteiger partial charge in [0.1, 0.15) is 0 Å². The van der Waals surface area contributed by atoms with E-state index in [0.29, 0.717) is 18.2 Å². The number of hydrogen-bond acceptors (Lipinski definition) is 5. The van der Waals surface area contributed by atoms with E-state index < -0.39 is 0 Å². The molecule has 7 heteroatoms. The summed E-state index contributed by atoms with van der Waals surface area (Å²) in [7, 11) is 0. The van der Waals surface area contributed by atoms with Crippen molar-refractivity contribution < 1.29 is 9.59 Å².